The van der Waals surface area contributed by atoms with Crippen LogP contribution in [0, 0.1) is 0 Å². The number of nitrogens with one attached hydrogen (secondary N) is 2. The van der Waals surface area contributed by atoms with Crippen LogP contribution in [0.15, 0.2) is 65.1 Å². The molecular weight excluding hydrogens is 400 g/mol. The minimum atomic E-state index is -1.13. The summed E-state index contributed by atoms with van der Waals surface area (Å²) in [5.41, 5.74) is 2.97. The fraction of sp³-hybridized carbons (Fsp3) is 0.174. The second kappa shape index (κ2) is 8.51. The number of thiocarbonyl (C=S) groups is 1. The van der Waals surface area contributed by atoms with Gasteiger partial charge in [0.2, 0.25) is 5.76 Å². The summed E-state index contributed by atoms with van der Waals surface area (Å²) in [5, 5.41) is 14.8. The lowest BCUT2D eigenvalue weighted by atomic mass is 9.87. The minimum Gasteiger partial charge on any atom is -0.475 e. The molecule has 3 aromatic rings. The van der Waals surface area contributed by atoms with Crippen LogP contribution in [0.3, 0.4) is 0 Å². The summed E-state index contributed by atoms with van der Waals surface area (Å²) in [5.74, 6) is -1.15. The lowest BCUT2D eigenvalue weighted by Gasteiger charge is -2.19. The van der Waals surface area contributed by atoms with Crippen LogP contribution >= 0.6 is 12.2 Å². The van der Waals surface area contributed by atoms with Gasteiger partial charge in [-0.25, -0.2) is 4.79 Å². The molecule has 0 bridgehead atoms. The van der Waals surface area contributed by atoms with Gasteiger partial charge in [-0.15, -0.1) is 0 Å². The van der Waals surface area contributed by atoms with Crippen LogP contribution in [-0.4, -0.2) is 22.1 Å². The number of hydrogen-bond donors (Lipinski definition) is 3. The van der Waals surface area contributed by atoms with Gasteiger partial charge in [0, 0.05) is 16.8 Å². The Morgan fingerprint density at radius 3 is 2.30 bits per heavy atom. The highest BCUT2D eigenvalue weighted by Crippen LogP contribution is 2.25. The maximum absolute atomic E-state index is 12.5. The Bertz CT molecular complexity index is 1090. The Morgan fingerprint density at radius 1 is 1.00 bits per heavy atom. The largest absolute Gasteiger partial charge is 0.475 e. The fourth-order valence-electron chi connectivity index (χ4n) is 2.82. The number of carboxylic acids is 1. The normalized spacial score (nSPS) is 11.0. The van der Waals surface area contributed by atoms with E-state index in [0.717, 1.165) is 5.56 Å². The predicted molar refractivity (Wildman–Crippen MR) is 120 cm³/mol. The molecule has 0 saturated carbocycles. The molecule has 1 amide bonds. The monoisotopic (exact) mass is 422 g/mol. The van der Waals surface area contributed by atoms with Crippen molar-refractivity contribution in [1.82, 2.24) is 5.32 Å². The minimum absolute atomic E-state index is 0.0100. The zero-order valence-corrected chi connectivity index (χ0v) is 17.7. The number of benzene rings is 2. The van der Waals surface area contributed by atoms with Crippen LogP contribution < -0.4 is 10.6 Å². The molecule has 1 aromatic heterocycles. The first-order valence-electron chi connectivity index (χ1n) is 9.30. The smallest absolute Gasteiger partial charge is 0.371 e. The predicted octanol–water partition coefficient (Wildman–Crippen LogP) is 5.07. The molecule has 3 N–H and O–H groups in total. The van der Waals surface area contributed by atoms with Crippen molar-refractivity contribution < 1.29 is 19.1 Å². The highest BCUT2D eigenvalue weighted by Gasteiger charge is 2.15. The van der Waals surface area contributed by atoms with Crippen LogP contribution in [0.4, 0.5) is 5.69 Å². The molecule has 3 rings (SSSR count). The lowest BCUT2D eigenvalue weighted by Crippen LogP contribution is -2.34. The number of carbonyl (C=O) groups is 2. The van der Waals surface area contributed by atoms with Crippen molar-refractivity contribution in [3.8, 4) is 11.3 Å². The number of rotatable bonds is 4. The highest BCUT2D eigenvalue weighted by molar-refractivity contribution is 7.80. The van der Waals surface area contributed by atoms with Crippen molar-refractivity contribution in [2.45, 2.75) is 26.2 Å². The first-order valence-corrected chi connectivity index (χ1v) is 9.71. The summed E-state index contributed by atoms with van der Waals surface area (Å²) in [6, 6.07) is 17.5. The maximum atomic E-state index is 12.5. The van der Waals surface area contributed by atoms with Crippen molar-refractivity contribution in [3.05, 3.63) is 77.6 Å². The number of carbonyl (C=O) groups excluding carboxylic acids is 1. The molecular formula is C23H22N2O4S. The van der Waals surface area contributed by atoms with E-state index in [1.54, 1.807) is 42.5 Å². The van der Waals surface area contributed by atoms with E-state index in [1.165, 1.54) is 6.07 Å². The summed E-state index contributed by atoms with van der Waals surface area (Å²) in [6.07, 6.45) is 0. The Labute approximate surface area is 179 Å². The molecule has 0 aliphatic rings. The van der Waals surface area contributed by atoms with E-state index < -0.39 is 5.97 Å². The molecule has 0 spiro atoms. The van der Waals surface area contributed by atoms with Gasteiger partial charge in [-0.05, 0) is 59.6 Å². The highest BCUT2D eigenvalue weighted by atomic mass is 32.1. The number of hydrogen-bond acceptors (Lipinski definition) is 4. The number of furan rings is 1. The third kappa shape index (κ3) is 5.12. The molecule has 1 heterocycles. The molecule has 0 aliphatic carbocycles. The molecule has 0 radical (unpaired) electrons. The van der Waals surface area contributed by atoms with Crippen LogP contribution in [0.25, 0.3) is 11.3 Å². The quantitative estimate of drug-likeness (QED) is 0.509. The molecule has 7 heteroatoms. The van der Waals surface area contributed by atoms with E-state index in [9.17, 15) is 9.59 Å². The molecule has 0 atom stereocenters. The molecule has 0 unspecified atom stereocenters. The Hall–Kier alpha value is -3.45. The van der Waals surface area contributed by atoms with Gasteiger partial charge >= 0.3 is 5.97 Å². The Kier molecular flexibility index (Phi) is 6.03. The zero-order valence-electron chi connectivity index (χ0n) is 16.9. The van der Waals surface area contributed by atoms with Crippen LogP contribution in [0.1, 0.15) is 47.2 Å². The molecule has 0 fully saturated rings. The molecule has 0 saturated heterocycles. The van der Waals surface area contributed by atoms with Crippen molar-refractivity contribution in [1.29, 1.82) is 0 Å². The van der Waals surface area contributed by atoms with Gasteiger partial charge in [0.1, 0.15) is 5.76 Å². The number of amides is 1. The van der Waals surface area contributed by atoms with E-state index in [-0.39, 0.29) is 22.2 Å². The van der Waals surface area contributed by atoms with Crippen molar-refractivity contribution in [2.75, 3.05) is 5.32 Å². The van der Waals surface area contributed by atoms with Crippen molar-refractivity contribution >= 4 is 34.9 Å². The van der Waals surface area contributed by atoms with Gasteiger partial charge in [0.15, 0.2) is 5.11 Å². The van der Waals surface area contributed by atoms with Crippen molar-refractivity contribution in [2.24, 2.45) is 0 Å². The first kappa shape index (κ1) is 21.3. The van der Waals surface area contributed by atoms with E-state index in [2.05, 4.69) is 31.4 Å². The van der Waals surface area contributed by atoms with E-state index in [4.69, 9.17) is 21.7 Å². The average molecular weight is 423 g/mol. The topological polar surface area (TPSA) is 91.6 Å². The van der Waals surface area contributed by atoms with Gasteiger partial charge in [-0.3, -0.25) is 10.1 Å². The summed E-state index contributed by atoms with van der Waals surface area (Å²) in [7, 11) is 0. The molecule has 0 aliphatic heterocycles. The van der Waals surface area contributed by atoms with Crippen LogP contribution in [0.5, 0.6) is 0 Å². The van der Waals surface area contributed by atoms with E-state index in [0.29, 0.717) is 22.6 Å². The third-order valence-corrected chi connectivity index (χ3v) is 4.67. The zero-order chi connectivity index (χ0) is 21.9. The molecule has 6 nitrogen and oxygen atoms in total. The summed E-state index contributed by atoms with van der Waals surface area (Å²) >= 11 is 5.25. The first-order chi connectivity index (χ1) is 14.1. The summed E-state index contributed by atoms with van der Waals surface area (Å²) < 4.78 is 5.32. The third-order valence-electron chi connectivity index (χ3n) is 4.46. The van der Waals surface area contributed by atoms with Crippen LogP contribution in [-0.2, 0) is 5.41 Å². The van der Waals surface area contributed by atoms with Gasteiger partial charge in [-0.1, -0.05) is 45.0 Å². The number of aromatic carboxylic acids is 1. The maximum Gasteiger partial charge on any atom is 0.371 e. The fourth-order valence-corrected chi connectivity index (χ4v) is 3.03. The lowest BCUT2D eigenvalue weighted by molar-refractivity contribution is 0.0663. The van der Waals surface area contributed by atoms with Gasteiger partial charge in [0.25, 0.3) is 5.91 Å². The molecule has 30 heavy (non-hydrogen) atoms. The Morgan fingerprint density at radius 2 is 1.70 bits per heavy atom. The summed E-state index contributed by atoms with van der Waals surface area (Å²) in [4.78, 5) is 23.4. The van der Waals surface area contributed by atoms with Crippen molar-refractivity contribution in [3.63, 3.8) is 0 Å². The standard InChI is InChI=1S/C23H22N2O4S/c1-23(2,3)16-9-7-14(8-10-16)20(26)25-22(30)24-17-6-4-5-15(13-17)18-11-12-19(29-18)21(27)28/h4-13H,1-3H3,(H,27,28)(H2,24,25,26,30). The van der Waals surface area contributed by atoms with E-state index in [1.807, 2.05) is 12.1 Å². The SMILES string of the molecule is CC(C)(C)c1ccc(C(=O)NC(=S)Nc2cccc(-c3ccc(C(=O)O)o3)c2)cc1. The van der Waals surface area contributed by atoms with Gasteiger partial charge in [-0.2, -0.15) is 0 Å². The van der Waals surface area contributed by atoms with Gasteiger partial charge in [0.05, 0.1) is 0 Å². The second-order valence-corrected chi connectivity index (χ2v) is 8.19. The molecule has 154 valence electrons. The van der Waals surface area contributed by atoms with Gasteiger partial charge < -0.3 is 14.8 Å². The average Bonchev–Trinajstić information content (AvgIpc) is 3.18. The van der Waals surface area contributed by atoms with E-state index >= 15 is 0 Å². The molecule has 2 aromatic carbocycles. The Balaban J connectivity index is 1.66. The summed E-state index contributed by atoms with van der Waals surface area (Å²) in [6.45, 7) is 6.33. The second-order valence-electron chi connectivity index (χ2n) is 7.79. The number of carboxylic acid groups (broad SMARTS) is 1. The van der Waals surface area contributed by atoms with Crippen LogP contribution in [0.2, 0.25) is 0 Å². The number of anilines is 1.